The third-order valence-corrected chi connectivity index (χ3v) is 5.71. The molecule has 2 fully saturated rings. The lowest BCUT2D eigenvalue weighted by Gasteiger charge is -2.58. The van der Waals surface area contributed by atoms with Gasteiger partial charge in [-0.15, -0.1) is 13.2 Å². The van der Waals surface area contributed by atoms with Crippen molar-refractivity contribution in [1.82, 2.24) is 9.21 Å². The molecule has 10 heteroatoms. The van der Waals surface area contributed by atoms with Crippen LogP contribution in [0.4, 0.5) is 13.2 Å². The minimum absolute atomic E-state index is 0.214. The SMILES string of the molecule is O=CN1CC2(C1)CN(S(=O)(=O)c1cccc(OC(F)(F)F)c1)C2. The fourth-order valence-corrected chi connectivity index (χ4v) is 4.64. The summed E-state index contributed by atoms with van der Waals surface area (Å²) >= 11 is 0. The van der Waals surface area contributed by atoms with Crippen molar-refractivity contribution in [2.24, 2.45) is 5.41 Å². The maximum absolute atomic E-state index is 12.4. The molecule has 2 saturated heterocycles. The molecule has 23 heavy (non-hydrogen) atoms. The monoisotopic (exact) mass is 350 g/mol. The highest BCUT2D eigenvalue weighted by Gasteiger charge is 2.55. The van der Waals surface area contributed by atoms with Gasteiger partial charge in [0.05, 0.1) is 4.90 Å². The van der Waals surface area contributed by atoms with Crippen molar-refractivity contribution in [2.75, 3.05) is 26.2 Å². The number of alkyl halides is 3. The molecule has 0 bridgehead atoms. The third kappa shape index (κ3) is 3.00. The summed E-state index contributed by atoms with van der Waals surface area (Å²) in [7, 11) is -3.87. The molecule has 0 aliphatic carbocycles. The van der Waals surface area contributed by atoms with Gasteiger partial charge in [-0.1, -0.05) is 6.07 Å². The Morgan fingerprint density at radius 2 is 1.83 bits per heavy atom. The zero-order chi connectivity index (χ0) is 16.9. The van der Waals surface area contributed by atoms with Gasteiger partial charge in [0.15, 0.2) is 0 Å². The summed E-state index contributed by atoms with van der Waals surface area (Å²) < 4.78 is 66.4. The number of carbonyl (C=O) groups is 1. The van der Waals surface area contributed by atoms with Crippen LogP contribution in [0, 0.1) is 5.41 Å². The van der Waals surface area contributed by atoms with Gasteiger partial charge in [0.2, 0.25) is 16.4 Å². The zero-order valence-corrected chi connectivity index (χ0v) is 12.6. The van der Waals surface area contributed by atoms with Crippen LogP contribution in [0.1, 0.15) is 0 Å². The Labute approximate surface area is 130 Å². The standard InChI is InChI=1S/C13H13F3N2O4S/c14-13(15,16)22-10-2-1-3-11(4-10)23(20,21)18-7-12(8-18)5-17(6-12)9-19/h1-4,9H,5-8H2. The second-order valence-electron chi connectivity index (χ2n) is 5.81. The topological polar surface area (TPSA) is 66.9 Å². The van der Waals surface area contributed by atoms with Gasteiger partial charge in [-0.25, -0.2) is 8.42 Å². The van der Waals surface area contributed by atoms with Crippen LogP contribution in [0.15, 0.2) is 29.2 Å². The van der Waals surface area contributed by atoms with E-state index in [4.69, 9.17) is 0 Å². The lowest BCUT2D eigenvalue weighted by Crippen LogP contribution is -2.72. The third-order valence-electron chi connectivity index (χ3n) is 3.93. The highest BCUT2D eigenvalue weighted by Crippen LogP contribution is 2.41. The predicted molar refractivity (Wildman–Crippen MR) is 72.0 cm³/mol. The smallest absolute Gasteiger partial charge is 0.406 e. The number of sulfonamides is 1. The van der Waals surface area contributed by atoms with Gasteiger partial charge in [0.1, 0.15) is 5.75 Å². The van der Waals surface area contributed by atoms with E-state index in [1.54, 1.807) is 4.90 Å². The highest BCUT2D eigenvalue weighted by atomic mass is 32.2. The van der Waals surface area contributed by atoms with E-state index in [-0.39, 0.29) is 23.4 Å². The molecule has 3 rings (SSSR count). The molecule has 0 unspecified atom stereocenters. The number of halogens is 3. The van der Waals surface area contributed by atoms with E-state index < -0.39 is 22.1 Å². The molecule has 1 amide bonds. The fraction of sp³-hybridized carbons (Fsp3) is 0.462. The molecule has 6 nitrogen and oxygen atoms in total. The number of rotatable bonds is 4. The summed E-state index contributed by atoms with van der Waals surface area (Å²) in [5.74, 6) is -0.579. The average Bonchev–Trinajstić information content (AvgIpc) is 2.34. The van der Waals surface area contributed by atoms with Crippen molar-refractivity contribution in [3.05, 3.63) is 24.3 Å². The van der Waals surface area contributed by atoms with Crippen LogP contribution in [0.2, 0.25) is 0 Å². The van der Waals surface area contributed by atoms with E-state index in [9.17, 15) is 26.4 Å². The molecule has 0 radical (unpaired) electrons. The van der Waals surface area contributed by atoms with E-state index in [0.29, 0.717) is 19.5 Å². The van der Waals surface area contributed by atoms with Gasteiger partial charge in [-0.2, -0.15) is 4.31 Å². The van der Waals surface area contributed by atoms with Gasteiger partial charge < -0.3 is 9.64 Å². The van der Waals surface area contributed by atoms with Crippen LogP contribution in [0.25, 0.3) is 0 Å². The lowest BCUT2D eigenvalue weighted by molar-refractivity contribution is -0.274. The first-order valence-corrected chi connectivity index (χ1v) is 8.13. The minimum Gasteiger partial charge on any atom is -0.406 e. The summed E-state index contributed by atoms with van der Waals surface area (Å²) in [6.45, 7) is 1.51. The van der Waals surface area contributed by atoms with Crippen molar-refractivity contribution < 1.29 is 31.1 Å². The quantitative estimate of drug-likeness (QED) is 0.762. The Hall–Kier alpha value is -1.81. The van der Waals surface area contributed by atoms with Crippen molar-refractivity contribution in [1.29, 1.82) is 0 Å². The Morgan fingerprint density at radius 3 is 2.39 bits per heavy atom. The van der Waals surface area contributed by atoms with Crippen LogP contribution in [-0.2, 0) is 14.8 Å². The molecule has 126 valence electrons. The van der Waals surface area contributed by atoms with Gasteiger partial charge in [-0.3, -0.25) is 4.79 Å². The first kappa shape index (κ1) is 16.1. The zero-order valence-electron chi connectivity index (χ0n) is 11.8. The Kier molecular flexibility index (Phi) is 3.56. The normalized spacial score (nSPS) is 20.7. The molecule has 1 aromatic carbocycles. The van der Waals surface area contributed by atoms with E-state index in [0.717, 1.165) is 12.1 Å². The van der Waals surface area contributed by atoms with Crippen LogP contribution in [0.3, 0.4) is 0 Å². The van der Waals surface area contributed by atoms with Crippen LogP contribution in [-0.4, -0.2) is 56.6 Å². The molecule has 1 aromatic rings. The summed E-state index contributed by atoms with van der Waals surface area (Å²) in [5, 5.41) is 0. The van der Waals surface area contributed by atoms with E-state index in [1.165, 1.54) is 16.4 Å². The molecule has 0 aromatic heterocycles. The largest absolute Gasteiger partial charge is 0.573 e. The van der Waals surface area contributed by atoms with Gasteiger partial charge in [0.25, 0.3) is 0 Å². The Morgan fingerprint density at radius 1 is 1.17 bits per heavy atom. The van der Waals surface area contributed by atoms with Gasteiger partial charge in [-0.05, 0) is 12.1 Å². The summed E-state index contributed by atoms with van der Waals surface area (Å²) in [5.41, 5.74) is -0.214. The number of amides is 1. The minimum atomic E-state index is -4.88. The summed E-state index contributed by atoms with van der Waals surface area (Å²) in [6, 6.07) is 4.31. The summed E-state index contributed by atoms with van der Waals surface area (Å²) in [4.78, 5) is 11.8. The lowest BCUT2D eigenvalue weighted by atomic mass is 9.75. The molecular formula is C13H13F3N2O4S. The number of hydrogen-bond donors (Lipinski definition) is 0. The molecule has 0 saturated carbocycles. The molecule has 0 N–H and O–H groups in total. The van der Waals surface area contributed by atoms with Crippen LogP contribution >= 0.6 is 0 Å². The fourth-order valence-electron chi connectivity index (χ4n) is 2.94. The second kappa shape index (κ2) is 5.10. The average molecular weight is 350 g/mol. The van der Waals surface area contributed by atoms with Crippen molar-refractivity contribution in [3.63, 3.8) is 0 Å². The number of benzene rings is 1. The van der Waals surface area contributed by atoms with Crippen molar-refractivity contribution in [2.45, 2.75) is 11.3 Å². The first-order chi connectivity index (χ1) is 10.6. The van der Waals surface area contributed by atoms with E-state index in [2.05, 4.69) is 4.74 Å². The molecule has 2 aliphatic rings. The van der Waals surface area contributed by atoms with Gasteiger partial charge >= 0.3 is 6.36 Å². The number of ether oxygens (including phenoxy) is 1. The number of hydrogen-bond acceptors (Lipinski definition) is 4. The number of carbonyl (C=O) groups excluding carboxylic acids is 1. The van der Waals surface area contributed by atoms with Crippen molar-refractivity contribution in [3.8, 4) is 5.75 Å². The van der Waals surface area contributed by atoms with Crippen molar-refractivity contribution >= 4 is 16.4 Å². The van der Waals surface area contributed by atoms with E-state index in [1.807, 2.05) is 0 Å². The molecule has 2 heterocycles. The number of nitrogens with zero attached hydrogens (tertiary/aromatic N) is 2. The first-order valence-electron chi connectivity index (χ1n) is 6.69. The highest BCUT2D eigenvalue weighted by molar-refractivity contribution is 7.89. The molecule has 1 spiro atoms. The maximum Gasteiger partial charge on any atom is 0.573 e. The Bertz CT molecular complexity index is 721. The van der Waals surface area contributed by atoms with Crippen LogP contribution < -0.4 is 4.74 Å². The van der Waals surface area contributed by atoms with E-state index >= 15 is 0 Å². The molecule has 2 aliphatic heterocycles. The predicted octanol–water partition coefficient (Wildman–Crippen LogP) is 1.05. The summed E-state index contributed by atoms with van der Waals surface area (Å²) in [6.07, 6.45) is -4.17. The molecule has 0 atom stereocenters. The van der Waals surface area contributed by atoms with Gasteiger partial charge in [0, 0.05) is 37.7 Å². The maximum atomic E-state index is 12.4. The van der Waals surface area contributed by atoms with Crippen LogP contribution in [0.5, 0.6) is 5.75 Å². The second-order valence-corrected chi connectivity index (χ2v) is 7.74. The molecular weight excluding hydrogens is 337 g/mol. The number of likely N-dealkylation sites (tertiary alicyclic amines) is 1. The Balaban J connectivity index is 1.72.